The highest BCUT2D eigenvalue weighted by atomic mass is 32.2. The molecule has 0 radical (unpaired) electrons. The van der Waals surface area contributed by atoms with Gasteiger partial charge in [-0.3, -0.25) is 14.4 Å². The topological polar surface area (TPSA) is 104 Å². The SMILES string of the molecule is CNC(=O)CSc1nnc(NC(=O)[C@H]2CC(=O)N(c3cccc(C)c3)C2)s1. The maximum absolute atomic E-state index is 12.5. The number of hydrogen-bond donors (Lipinski definition) is 2. The Hall–Kier alpha value is -2.46. The molecule has 1 fully saturated rings. The number of carbonyl (C=O) groups excluding carboxylic acids is 3. The predicted octanol–water partition coefficient (Wildman–Crippen LogP) is 1.68. The van der Waals surface area contributed by atoms with E-state index in [9.17, 15) is 14.4 Å². The van der Waals surface area contributed by atoms with Gasteiger partial charge >= 0.3 is 0 Å². The molecule has 3 amide bonds. The normalized spacial score (nSPS) is 16.4. The lowest BCUT2D eigenvalue weighted by molar-refractivity contribution is -0.122. The highest BCUT2D eigenvalue weighted by molar-refractivity contribution is 8.01. The Bertz CT molecular complexity index is 870. The van der Waals surface area contributed by atoms with Crippen molar-refractivity contribution >= 4 is 51.6 Å². The predicted molar refractivity (Wildman–Crippen MR) is 105 cm³/mol. The quantitative estimate of drug-likeness (QED) is 0.560. The summed E-state index contributed by atoms with van der Waals surface area (Å²) in [7, 11) is 1.57. The molecule has 8 nitrogen and oxygen atoms in total. The number of thioether (sulfide) groups is 1. The van der Waals surface area contributed by atoms with E-state index in [4.69, 9.17) is 0 Å². The van der Waals surface area contributed by atoms with E-state index in [1.807, 2.05) is 31.2 Å². The van der Waals surface area contributed by atoms with Gasteiger partial charge in [0.05, 0.1) is 11.7 Å². The molecule has 0 spiro atoms. The number of benzene rings is 1. The standard InChI is InChI=1S/C17H19N5O3S2/c1-10-4-3-5-12(6-10)22-8-11(7-14(22)24)15(25)19-16-20-21-17(27-16)26-9-13(23)18-2/h3-6,11H,7-9H2,1-2H3,(H,18,23)(H,19,20,25)/t11-/m0/s1. The van der Waals surface area contributed by atoms with Crippen molar-refractivity contribution in [2.75, 3.05) is 29.6 Å². The Morgan fingerprint density at radius 1 is 1.37 bits per heavy atom. The minimum atomic E-state index is -0.441. The first-order chi connectivity index (χ1) is 13.0. The number of hydrogen-bond acceptors (Lipinski definition) is 7. The molecule has 0 saturated carbocycles. The van der Waals surface area contributed by atoms with Crippen molar-refractivity contribution in [3.05, 3.63) is 29.8 Å². The molecule has 1 aliphatic rings. The number of nitrogens with zero attached hydrogens (tertiary/aromatic N) is 3. The fourth-order valence-corrected chi connectivity index (χ4v) is 4.28. The lowest BCUT2D eigenvalue weighted by Gasteiger charge is -2.17. The Labute approximate surface area is 164 Å². The third kappa shape index (κ3) is 4.83. The molecule has 1 aromatic carbocycles. The number of anilines is 2. The molecule has 2 heterocycles. The summed E-state index contributed by atoms with van der Waals surface area (Å²) in [5.74, 6) is -0.635. The first-order valence-electron chi connectivity index (χ1n) is 8.31. The van der Waals surface area contributed by atoms with Gasteiger partial charge in [0.25, 0.3) is 0 Å². The van der Waals surface area contributed by atoms with Crippen molar-refractivity contribution < 1.29 is 14.4 Å². The molecule has 2 N–H and O–H groups in total. The van der Waals surface area contributed by atoms with Crippen LogP contribution in [0, 0.1) is 12.8 Å². The summed E-state index contributed by atoms with van der Waals surface area (Å²) in [6.45, 7) is 2.30. The van der Waals surface area contributed by atoms with Gasteiger partial charge in [-0.25, -0.2) is 0 Å². The van der Waals surface area contributed by atoms with Gasteiger partial charge in [-0.15, -0.1) is 10.2 Å². The molecule has 1 saturated heterocycles. The molecule has 0 aliphatic carbocycles. The van der Waals surface area contributed by atoms with Gasteiger partial charge in [-0.05, 0) is 24.6 Å². The van der Waals surface area contributed by atoms with Crippen molar-refractivity contribution in [2.24, 2.45) is 5.92 Å². The molecular weight excluding hydrogens is 386 g/mol. The maximum Gasteiger partial charge on any atom is 0.231 e. The zero-order chi connectivity index (χ0) is 19.4. The van der Waals surface area contributed by atoms with Crippen LogP contribution in [0.5, 0.6) is 0 Å². The van der Waals surface area contributed by atoms with Crippen LogP contribution in [0.15, 0.2) is 28.6 Å². The van der Waals surface area contributed by atoms with E-state index in [0.29, 0.717) is 16.0 Å². The summed E-state index contributed by atoms with van der Waals surface area (Å²) in [4.78, 5) is 37.7. The van der Waals surface area contributed by atoms with E-state index in [-0.39, 0.29) is 29.9 Å². The third-order valence-electron chi connectivity index (χ3n) is 4.05. The summed E-state index contributed by atoms with van der Waals surface area (Å²) >= 11 is 2.45. The molecule has 0 unspecified atom stereocenters. The number of nitrogens with one attached hydrogen (secondary N) is 2. The van der Waals surface area contributed by atoms with Crippen LogP contribution in [0.2, 0.25) is 0 Å². The summed E-state index contributed by atoms with van der Waals surface area (Å²) in [6, 6.07) is 7.65. The average molecular weight is 406 g/mol. The lowest BCUT2D eigenvalue weighted by atomic mass is 10.1. The number of amides is 3. The van der Waals surface area contributed by atoms with Crippen molar-refractivity contribution in [3.8, 4) is 0 Å². The van der Waals surface area contributed by atoms with E-state index in [1.54, 1.807) is 11.9 Å². The number of rotatable bonds is 6. The molecule has 1 atom stereocenters. The van der Waals surface area contributed by atoms with Crippen molar-refractivity contribution in [1.29, 1.82) is 0 Å². The molecule has 1 aliphatic heterocycles. The van der Waals surface area contributed by atoms with E-state index < -0.39 is 5.92 Å². The maximum atomic E-state index is 12.5. The van der Waals surface area contributed by atoms with Crippen molar-refractivity contribution in [1.82, 2.24) is 15.5 Å². The Morgan fingerprint density at radius 3 is 2.93 bits per heavy atom. The van der Waals surface area contributed by atoms with Crippen molar-refractivity contribution in [2.45, 2.75) is 17.7 Å². The Morgan fingerprint density at radius 2 is 2.19 bits per heavy atom. The van der Waals surface area contributed by atoms with Gasteiger partial charge in [0.15, 0.2) is 4.34 Å². The van der Waals surface area contributed by atoms with Crippen LogP contribution in [-0.4, -0.2) is 47.3 Å². The van der Waals surface area contributed by atoms with Crippen molar-refractivity contribution in [3.63, 3.8) is 0 Å². The Kier molecular flexibility index (Phi) is 6.07. The van der Waals surface area contributed by atoms with Gasteiger partial charge < -0.3 is 15.5 Å². The number of carbonyl (C=O) groups is 3. The van der Waals surface area contributed by atoms with Crippen LogP contribution >= 0.6 is 23.1 Å². The minimum absolute atomic E-state index is 0.0696. The largest absolute Gasteiger partial charge is 0.358 e. The molecule has 142 valence electrons. The highest BCUT2D eigenvalue weighted by Gasteiger charge is 2.35. The molecule has 27 heavy (non-hydrogen) atoms. The smallest absolute Gasteiger partial charge is 0.231 e. The van der Waals surface area contributed by atoms with Gasteiger partial charge in [-0.1, -0.05) is 35.2 Å². The number of aromatic nitrogens is 2. The monoisotopic (exact) mass is 405 g/mol. The number of aryl methyl sites for hydroxylation is 1. The Balaban J connectivity index is 1.58. The summed E-state index contributed by atoms with van der Waals surface area (Å²) in [5, 5.41) is 13.5. The van der Waals surface area contributed by atoms with Gasteiger partial charge in [-0.2, -0.15) is 0 Å². The highest BCUT2D eigenvalue weighted by Crippen LogP contribution is 2.28. The van der Waals surface area contributed by atoms with E-state index in [1.165, 1.54) is 23.1 Å². The first-order valence-corrected chi connectivity index (χ1v) is 10.1. The molecule has 10 heteroatoms. The van der Waals surface area contributed by atoms with E-state index in [2.05, 4.69) is 20.8 Å². The summed E-state index contributed by atoms with van der Waals surface area (Å²) < 4.78 is 0.595. The lowest BCUT2D eigenvalue weighted by Crippen LogP contribution is -2.28. The zero-order valence-corrected chi connectivity index (χ0v) is 16.5. The van der Waals surface area contributed by atoms with Crippen LogP contribution in [0.4, 0.5) is 10.8 Å². The molecule has 3 rings (SSSR count). The van der Waals surface area contributed by atoms with Crippen LogP contribution in [-0.2, 0) is 14.4 Å². The molecular formula is C17H19N5O3S2. The average Bonchev–Trinajstić information content (AvgIpc) is 3.26. The van der Waals surface area contributed by atoms with Crippen LogP contribution < -0.4 is 15.5 Å². The first kappa shape index (κ1) is 19.3. The third-order valence-corrected chi connectivity index (χ3v) is 6.02. The van der Waals surface area contributed by atoms with Gasteiger partial charge in [0.1, 0.15) is 0 Å². The van der Waals surface area contributed by atoms with Crippen LogP contribution in [0.25, 0.3) is 0 Å². The second-order valence-electron chi connectivity index (χ2n) is 6.07. The zero-order valence-electron chi connectivity index (χ0n) is 14.9. The van der Waals surface area contributed by atoms with Gasteiger partial charge in [0.2, 0.25) is 22.9 Å². The second-order valence-corrected chi connectivity index (χ2v) is 8.27. The summed E-state index contributed by atoms with van der Waals surface area (Å²) in [5.41, 5.74) is 1.86. The second kappa shape index (κ2) is 8.49. The molecule has 1 aromatic heterocycles. The van der Waals surface area contributed by atoms with Gasteiger partial charge in [0, 0.05) is 25.7 Å². The minimum Gasteiger partial charge on any atom is -0.358 e. The van der Waals surface area contributed by atoms with Crippen LogP contribution in [0.3, 0.4) is 0 Å². The van der Waals surface area contributed by atoms with E-state index >= 15 is 0 Å². The molecule has 2 aromatic rings. The fourth-order valence-electron chi connectivity index (χ4n) is 2.65. The fraction of sp³-hybridized carbons (Fsp3) is 0.353. The summed E-state index contributed by atoms with van der Waals surface area (Å²) in [6.07, 6.45) is 0.164. The van der Waals surface area contributed by atoms with E-state index in [0.717, 1.165) is 11.3 Å². The molecule has 0 bridgehead atoms. The van der Waals surface area contributed by atoms with Crippen LogP contribution in [0.1, 0.15) is 12.0 Å².